The first-order valence-corrected chi connectivity index (χ1v) is 6.23. The van der Waals surface area contributed by atoms with Gasteiger partial charge >= 0.3 is 0 Å². The summed E-state index contributed by atoms with van der Waals surface area (Å²) in [7, 11) is 0. The molecule has 86 valence electrons. The molecule has 0 aliphatic heterocycles. The topological polar surface area (TPSA) is 48.7 Å². The quantitative estimate of drug-likeness (QED) is 0.900. The molecular weight excluding hydrogens is 230 g/mol. The van der Waals surface area contributed by atoms with Gasteiger partial charge in [-0.25, -0.2) is 4.98 Å². The molecule has 2 rings (SSSR count). The molecule has 1 N–H and O–H groups in total. The van der Waals surface area contributed by atoms with Gasteiger partial charge in [0.25, 0.3) is 0 Å². The summed E-state index contributed by atoms with van der Waals surface area (Å²) in [6.45, 7) is 4.58. The van der Waals surface area contributed by atoms with Crippen molar-refractivity contribution in [3.8, 4) is 6.07 Å². The molecule has 0 spiro atoms. The minimum absolute atomic E-state index is 0.663. The number of anilines is 1. The number of thiazole rings is 1. The molecule has 0 radical (unpaired) electrons. The maximum absolute atomic E-state index is 9.10. The Balaban J connectivity index is 2.14. The Morgan fingerprint density at radius 1 is 1.41 bits per heavy atom. The maximum Gasteiger partial charge on any atom is 0.112 e. The molecule has 17 heavy (non-hydrogen) atoms. The van der Waals surface area contributed by atoms with Crippen molar-refractivity contribution in [2.75, 3.05) is 5.32 Å². The van der Waals surface area contributed by atoms with Crippen LogP contribution >= 0.6 is 11.3 Å². The molecule has 0 aliphatic rings. The highest BCUT2D eigenvalue weighted by Gasteiger charge is 2.05. The Hall–Kier alpha value is -1.86. The van der Waals surface area contributed by atoms with Crippen LogP contribution in [0.3, 0.4) is 0 Å². The lowest BCUT2D eigenvalue weighted by molar-refractivity contribution is 1.07. The predicted molar refractivity (Wildman–Crippen MR) is 70.1 cm³/mol. The van der Waals surface area contributed by atoms with E-state index < -0.39 is 0 Å². The molecule has 1 aromatic heterocycles. The van der Waals surface area contributed by atoms with Crippen LogP contribution in [0, 0.1) is 25.2 Å². The molecule has 0 bridgehead atoms. The SMILES string of the molecule is Cc1csc(CNc2cccc(C)c2C#N)n1. The molecule has 1 aromatic carbocycles. The van der Waals surface area contributed by atoms with Crippen molar-refractivity contribution in [3.05, 3.63) is 45.4 Å². The summed E-state index contributed by atoms with van der Waals surface area (Å²) in [5.41, 5.74) is 3.62. The number of nitrogens with zero attached hydrogens (tertiary/aromatic N) is 2. The number of rotatable bonds is 3. The zero-order valence-corrected chi connectivity index (χ0v) is 10.6. The van der Waals surface area contributed by atoms with E-state index in [-0.39, 0.29) is 0 Å². The van der Waals surface area contributed by atoms with Crippen molar-refractivity contribution in [1.29, 1.82) is 5.26 Å². The predicted octanol–water partition coefficient (Wildman–Crippen LogP) is 3.24. The third-order valence-corrected chi connectivity index (χ3v) is 3.45. The Morgan fingerprint density at radius 2 is 2.24 bits per heavy atom. The number of hydrogen-bond acceptors (Lipinski definition) is 4. The number of aromatic nitrogens is 1. The zero-order valence-electron chi connectivity index (χ0n) is 9.82. The summed E-state index contributed by atoms with van der Waals surface area (Å²) in [4.78, 5) is 4.38. The molecule has 0 aliphatic carbocycles. The highest BCUT2D eigenvalue weighted by molar-refractivity contribution is 7.09. The Bertz CT molecular complexity index is 566. The number of nitrogens with one attached hydrogen (secondary N) is 1. The molecule has 2 aromatic rings. The lowest BCUT2D eigenvalue weighted by Crippen LogP contribution is -2.01. The summed E-state index contributed by atoms with van der Waals surface area (Å²) in [5, 5.41) is 15.4. The molecule has 0 saturated carbocycles. The van der Waals surface area contributed by atoms with Crippen molar-refractivity contribution < 1.29 is 0 Å². The van der Waals surface area contributed by atoms with Crippen molar-refractivity contribution in [3.63, 3.8) is 0 Å². The van der Waals surface area contributed by atoms with Crippen LogP contribution in [0.25, 0.3) is 0 Å². The highest BCUT2D eigenvalue weighted by atomic mass is 32.1. The van der Waals surface area contributed by atoms with Gasteiger partial charge in [-0.3, -0.25) is 0 Å². The smallest absolute Gasteiger partial charge is 0.112 e. The first-order chi connectivity index (χ1) is 8.20. The highest BCUT2D eigenvalue weighted by Crippen LogP contribution is 2.19. The van der Waals surface area contributed by atoms with Crippen molar-refractivity contribution in [2.45, 2.75) is 20.4 Å². The van der Waals surface area contributed by atoms with Gasteiger partial charge in [-0.05, 0) is 25.5 Å². The summed E-state index contributed by atoms with van der Waals surface area (Å²) < 4.78 is 0. The Kier molecular flexibility index (Phi) is 3.40. The molecule has 3 nitrogen and oxygen atoms in total. The van der Waals surface area contributed by atoms with Gasteiger partial charge in [0.05, 0.1) is 17.8 Å². The van der Waals surface area contributed by atoms with Gasteiger partial charge in [0, 0.05) is 11.1 Å². The lowest BCUT2D eigenvalue weighted by atomic mass is 10.1. The third kappa shape index (κ3) is 2.63. The molecule has 0 amide bonds. The van der Waals surface area contributed by atoms with Gasteiger partial charge in [0.2, 0.25) is 0 Å². The first kappa shape index (κ1) is 11.6. The monoisotopic (exact) mass is 243 g/mol. The molecule has 4 heteroatoms. The largest absolute Gasteiger partial charge is 0.377 e. The molecule has 0 atom stereocenters. The van der Waals surface area contributed by atoms with Crippen molar-refractivity contribution >= 4 is 17.0 Å². The molecule has 0 unspecified atom stereocenters. The van der Waals surface area contributed by atoms with Crippen LogP contribution in [0.1, 0.15) is 21.8 Å². The van der Waals surface area contributed by atoms with Gasteiger partial charge in [-0.15, -0.1) is 11.3 Å². The molecule has 0 fully saturated rings. The summed E-state index contributed by atoms with van der Waals surface area (Å²) in [6.07, 6.45) is 0. The second-order valence-electron chi connectivity index (χ2n) is 3.85. The number of hydrogen-bond donors (Lipinski definition) is 1. The summed E-state index contributed by atoms with van der Waals surface area (Å²) >= 11 is 1.63. The fraction of sp³-hybridized carbons (Fsp3) is 0.231. The van der Waals surface area contributed by atoms with Gasteiger partial charge in [0.1, 0.15) is 11.1 Å². The fourth-order valence-corrected chi connectivity index (χ4v) is 2.33. The van der Waals surface area contributed by atoms with Crippen molar-refractivity contribution in [2.24, 2.45) is 0 Å². The van der Waals surface area contributed by atoms with Gasteiger partial charge in [-0.1, -0.05) is 12.1 Å². The van der Waals surface area contributed by atoms with E-state index in [1.54, 1.807) is 11.3 Å². The van der Waals surface area contributed by atoms with Gasteiger partial charge in [0.15, 0.2) is 0 Å². The van der Waals surface area contributed by atoms with E-state index in [9.17, 15) is 0 Å². The van der Waals surface area contributed by atoms with Crippen LogP contribution in [0.5, 0.6) is 0 Å². The fourth-order valence-electron chi connectivity index (χ4n) is 1.62. The minimum Gasteiger partial charge on any atom is -0.377 e. The minimum atomic E-state index is 0.663. The van der Waals surface area contributed by atoms with E-state index in [4.69, 9.17) is 5.26 Å². The van der Waals surface area contributed by atoms with Gasteiger partial charge in [-0.2, -0.15) is 5.26 Å². The second-order valence-corrected chi connectivity index (χ2v) is 4.79. The first-order valence-electron chi connectivity index (χ1n) is 5.35. The van der Waals surface area contributed by atoms with Crippen LogP contribution in [0.4, 0.5) is 5.69 Å². The Morgan fingerprint density at radius 3 is 2.88 bits per heavy atom. The molecule has 1 heterocycles. The van der Waals surface area contributed by atoms with E-state index in [1.807, 2.05) is 37.4 Å². The Labute approximate surface area is 105 Å². The lowest BCUT2D eigenvalue weighted by Gasteiger charge is -2.08. The van der Waals surface area contributed by atoms with Crippen LogP contribution in [-0.2, 0) is 6.54 Å². The van der Waals surface area contributed by atoms with E-state index in [0.717, 1.165) is 22.0 Å². The standard InChI is InChI=1S/C13H13N3S/c1-9-4-3-5-12(11(9)6-14)15-7-13-16-10(2)8-17-13/h3-5,8,15H,7H2,1-2H3. The average molecular weight is 243 g/mol. The van der Waals surface area contributed by atoms with Gasteiger partial charge < -0.3 is 5.32 Å². The normalized spacial score (nSPS) is 9.94. The maximum atomic E-state index is 9.10. The van der Waals surface area contributed by atoms with E-state index in [0.29, 0.717) is 12.1 Å². The molecule has 0 saturated heterocycles. The average Bonchev–Trinajstić information content (AvgIpc) is 2.72. The van der Waals surface area contributed by atoms with E-state index >= 15 is 0 Å². The number of benzene rings is 1. The van der Waals surface area contributed by atoms with Crippen LogP contribution in [0.15, 0.2) is 23.6 Å². The van der Waals surface area contributed by atoms with Crippen LogP contribution < -0.4 is 5.32 Å². The third-order valence-electron chi connectivity index (χ3n) is 2.48. The second kappa shape index (κ2) is 4.98. The number of nitriles is 1. The molecular formula is C13H13N3S. The zero-order chi connectivity index (χ0) is 12.3. The summed E-state index contributed by atoms with van der Waals surface area (Å²) in [6, 6.07) is 8.04. The van der Waals surface area contributed by atoms with Crippen molar-refractivity contribution in [1.82, 2.24) is 4.98 Å². The summed E-state index contributed by atoms with van der Waals surface area (Å²) in [5.74, 6) is 0. The van der Waals surface area contributed by atoms with Crippen LogP contribution in [-0.4, -0.2) is 4.98 Å². The number of aryl methyl sites for hydroxylation is 2. The van der Waals surface area contributed by atoms with Crippen LogP contribution in [0.2, 0.25) is 0 Å². The van der Waals surface area contributed by atoms with E-state index in [2.05, 4.69) is 16.4 Å². The van der Waals surface area contributed by atoms with E-state index in [1.165, 1.54) is 0 Å².